The molecule has 0 amide bonds. The molecule has 5 nitrogen and oxygen atoms in total. The molecule has 0 aromatic heterocycles. The van der Waals surface area contributed by atoms with Crippen molar-refractivity contribution in [2.75, 3.05) is 7.11 Å². The normalized spacial score (nSPS) is 11.2. The molecule has 0 bridgehead atoms. The van der Waals surface area contributed by atoms with E-state index in [2.05, 4.69) is 0 Å². The summed E-state index contributed by atoms with van der Waals surface area (Å²) in [5.74, 6) is -0.521. The molecule has 3 aromatic rings. The van der Waals surface area contributed by atoms with Gasteiger partial charge >= 0.3 is 0 Å². The Morgan fingerprint density at radius 2 is 1.59 bits per heavy atom. The maximum Gasteiger partial charge on any atom is 0.238 e. The Morgan fingerprint density at radius 1 is 0.926 bits per heavy atom. The van der Waals surface area contributed by atoms with Gasteiger partial charge in [-0.25, -0.2) is 17.9 Å². The Hall–Kier alpha value is -3.03. The third kappa shape index (κ3) is 4.21. The zero-order valence-corrected chi connectivity index (χ0v) is 15.2. The Labute approximate surface area is 156 Å². The van der Waals surface area contributed by atoms with E-state index in [-0.39, 0.29) is 16.2 Å². The fraction of sp³-hybridized carbons (Fsp3) is 0.0500. The van der Waals surface area contributed by atoms with Crippen LogP contribution in [0.5, 0.6) is 5.75 Å². The SMILES string of the molecule is COc1cc(-c2cccc(C(=O)c3cccc(F)c3)c2)cc(S(N)(=O)=O)c1. The Bertz CT molecular complexity index is 1130. The van der Waals surface area contributed by atoms with Gasteiger partial charge in [0.15, 0.2) is 5.78 Å². The van der Waals surface area contributed by atoms with Gasteiger partial charge in [-0.1, -0.05) is 30.3 Å². The van der Waals surface area contributed by atoms with Crippen LogP contribution in [0.1, 0.15) is 15.9 Å². The van der Waals surface area contributed by atoms with Crippen LogP contribution >= 0.6 is 0 Å². The molecule has 0 unspecified atom stereocenters. The fourth-order valence-corrected chi connectivity index (χ4v) is 3.23. The van der Waals surface area contributed by atoms with Crippen molar-refractivity contribution in [2.24, 2.45) is 5.14 Å². The molecule has 0 saturated carbocycles. The molecule has 0 radical (unpaired) electrons. The van der Waals surface area contributed by atoms with Gasteiger partial charge < -0.3 is 4.74 Å². The third-order valence-electron chi connectivity index (χ3n) is 3.99. The van der Waals surface area contributed by atoms with Gasteiger partial charge in [-0.3, -0.25) is 4.79 Å². The summed E-state index contributed by atoms with van der Waals surface area (Å²) in [5, 5.41) is 5.22. The van der Waals surface area contributed by atoms with Crippen LogP contribution in [-0.2, 0) is 10.0 Å². The number of nitrogens with two attached hydrogens (primary N) is 1. The molecule has 3 aromatic carbocycles. The lowest BCUT2D eigenvalue weighted by Gasteiger charge is -2.10. The first kappa shape index (κ1) is 18.8. The first-order valence-electron chi connectivity index (χ1n) is 7.90. The first-order valence-corrected chi connectivity index (χ1v) is 9.45. The quantitative estimate of drug-likeness (QED) is 0.682. The van der Waals surface area contributed by atoms with Gasteiger partial charge in [-0.05, 0) is 41.5 Å². The summed E-state index contributed by atoms with van der Waals surface area (Å²) in [4.78, 5) is 12.5. The highest BCUT2D eigenvalue weighted by atomic mass is 32.2. The second-order valence-electron chi connectivity index (χ2n) is 5.86. The summed E-state index contributed by atoms with van der Waals surface area (Å²) in [6, 6.07) is 16.4. The summed E-state index contributed by atoms with van der Waals surface area (Å²) in [7, 11) is -2.52. The lowest BCUT2D eigenvalue weighted by molar-refractivity contribution is 0.103. The number of ether oxygens (including phenoxy) is 1. The van der Waals surface area contributed by atoms with Crippen LogP contribution in [-0.4, -0.2) is 21.3 Å². The average Bonchev–Trinajstić information content (AvgIpc) is 2.66. The molecule has 138 valence electrons. The molecule has 0 saturated heterocycles. The van der Waals surface area contributed by atoms with E-state index in [1.807, 2.05) is 0 Å². The summed E-state index contributed by atoms with van der Waals surface area (Å²) in [5.41, 5.74) is 1.69. The number of ketones is 1. The predicted octanol–water partition coefficient (Wildman–Crippen LogP) is 3.38. The van der Waals surface area contributed by atoms with Gasteiger partial charge in [0, 0.05) is 17.2 Å². The molecule has 2 N–H and O–H groups in total. The highest BCUT2D eigenvalue weighted by Gasteiger charge is 2.14. The van der Waals surface area contributed by atoms with Gasteiger partial charge in [0.2, 0.25) is 10.0 Å². The number of carbonyl (C=O) groups is 1. The summed E-state index contributed by atoms with van der Waals surface area (Å²) in [6.07, 6.45) is 0. The van der Waals surface area contributed by atoms with Crippen molar-refractivity contribution in [1.82, 2.24) is 0 Å². The van der Waals surface area contributed by atoms with Crippen LogP contribution in [0.4, 0.5) is 4.39 Å². The second-order valence-corrected chi connectivity index (χ2v) is 7.42. The molecular weight excluding hydrogens is 369 g/mol. The van der Waals surface area contributed by atoms with E-state index < -0.39 is 15.8 Å². The molecule has 0 aliphatic rings. The number of methoxy groups -OCH3 is 1. The van der Waals surface area contributed by atoms with Crippen LogP contribution in [0.3, 0.4) is 0 Å². The lowest BCUT2D eigenvalue weighted by atomic mass is 9.98. The number of benzene rings is 3. The topological polar surface area (TPSA) is 86.5 Å². The van der Waals surface area contributed by atoms with Gasteiger partial charge in [0.25, 0.3) is 0 Å². The van der Waals surface area contributed by atoms with E-state index in [0.717, 1.165) is 0 Å². The Morgan fingerprint density at radius 3 is 2.22 bits per heavy atom. The molecule has 0 aliphatic carbocycles. The van der Waals surface area contributed by atoms with E-state index in [1.165, 1.54) is 43.5 Å². The summed E-state index contributed by atoms with van der Waals surface area (Å²) >= 11 is 0. The minimum atomic E-state index is -3.93. The van der Waals surface area contributed by atoms with Crippen molar-refractivity contribution in [3.8, 4) is 16.9 Å². The molecular formula is C20H16FNO4S. The van der Waals surface area contributed by atoms with Gasteiger partial charge in [0.1, 0.15) is 11.6 Å². The van der Waals surface area contributed by atoms with Crippen molar-refractivity contribution >= 4 is 15.8 Å². The Kier molecular flexibility index (Phi) is 5.07. The summed E-state index contributed by atoms with van der Waals surface area (Å²) in [6.45, 7) is 0. The highest BCUT2D eigenvalue weighted by molar-refractivity contribution is 7.89. The van der Waals surface area contributed by atoms with E-state index >= 15 is 0 Å². The highest BCUT2D eigenvalue weighted by Crippen LogP contribution is 2.29. The maximum absolute atomic E-state index is 13.4. The maximum atomic E-state index is 13.4. The van der Waals surface area contributed by atoms with Crippen molar-refractivity contribution in [2.45, 2.75) is 4.90 Å². The number of carbonyl (C=O) groups excluding carboxylic acids is 1. The average molecular weight is 385 g/mol. The van der Waals surface area contributed by atoms with Crippen molar-refractivity contribution in [3.05, 3.63) is 83.7 Å². The predicted molar refractivity (Wildman–Crippen MR) is 99.6 cm³/mol. The van der Waals surface area contributed by atoms with E-state index in [0.29, 0.717) is 22.4 Å². The molecule has 0 heterocycles. The molecule has 0 aliphatic heterocycles. The van der Waals surface area contributed by atoms with E-state index in [4.69, 9.17) is 9.88 Å². The van der Waals surface area contributed by atoms with Crippen LogP contribution in [0.25, 0.3) is 11.1 Å². The van der Waals surface area contributed by atoms with Crippen molar-refractivity contribution < 1.29 is 22.3 Å². The van der Waals surface area contributed by atoms with Crippen LogP contribution < -0.4 is 9.88 Å². The zero-order chi connectivity index (χ0) is 19.6. The molecule has 27 heavy (non-hydrogen) atoms. The molecule has 0 atom stereocenters. The van der Waals surface area contributed by atoms with Gasteiger partial charge in [0.05, 0.1) is 12.0 Å². The molecule has 7 heteroatoms. The van der Waals surface area contributed by atoms with Crippen molar-refractivity contribution in [1.29, 1.82) is 0 Å². The number of hydrogen-bond acceptors (Lipinski definition) is 4. The largest absolute Gasteiger partial charge is 0.497 e. The first-order chi connectivity index (χ1) is 12.8. The smallest absolute Gasteiger partial charge is 0.238 e. The number of rotatable bonds is 5. The number of primary sulfonamides is 1. The number of halogens is 1. The second kappa shape index (κ2) is 7.30. The molecule has 0 spiro atoms. The standard InChI is InChI=1S/C20H16FNO4S/c1-26-18-10-16(11-19(12-18)27(22,24)25)13-4-2-5-14(8-13)20(23)15-6-3-7-17(21)9-15/h2-12H,1H3,(H2,22,24,25). The van der Waals surface area contributed by atoms with Crippen LogP contribution in [0.15, 0.2) is 71.6 Å². The fourth-order valence-electron chi connectivity index (χ4n) is 2.66. The monoisotopic (exact) mass is 385 g/mol. The van der Waals surface area contributed by atoms with Crippen LogP contribution in [0, 0.1) is 5.82 Å². The summed E-state index contributed by atoms with van der Waals surface area (Å²) < 4.78 is 42.0. The minimum Gasteiger partial charge on any atom is -0.497 e. The number of hydrogen-bond donors (Lipinski definition) is 1. The van der Waals surface area contributed by atoms with Gasteiger partial charge in [-0.2, -0.15) is 0 Å². The Balaban J connectivity index is 2.07. The van der Waals surface area contributed by atoms with Crippen molar-refractivity contribution in [3.63, 3.8) is 0 Å². The van der Waals surface area contributed by atoms with Crippen LogP contribution in [0.2, 0.25) is 0 Å². The van der Waals surface area contributed by atoms with E-state index in [9.17, 15) is 17.6 Å². The number of sulfonamides is 1. The lowest BCUT2D eigenvalue weighted by Crippen LogP contribution is -2.12. The molecule has 3 rings (SSSR count). The van der Waals surface area contributed by atoms with E-state index in [1.54, 1.807) is 30.3 Å². The minimum absolute atomic E-state index is 0.0984. The zero-order valence-electron chi connectivity index (χ0n) is 14.3. The third-order valence-corrected chi connectivity index (χ3v) is 4.88. The molecule has 0 fully saturated rings. The van der Waals surface area contributed by atoms with Gasteiger partial charge in [-0.15, -0.1) is 0 Å².